The van der Waals surface area contributed by atoms with Crippen molar-refractivity contribution in [2.24, 2.45) is 5.92 Å². The molecule has 1 rings (SSSR count). The number of carbonyl (C=O) groups is 1. The van der Waals surface area contributed by atoms with Crippen LogP contribution in [0.5, 0.6) is 0 Å². The van der Waals surface area contributed by atoms with Gasteiger partial charge < -0.3 is 10.0 Å². The summed E-state index contributed by atoms with van der Waals surface area (Å²) < 4.78 is 0. The van der Waals surface area contributed by atoms with Crippen LogP contribution in [0.4, 0.5) is 0 Å². The Morgan fingerprint density at radius 2 is 2.17 bits per heavy atom. The number of carbonyl (C=O) groups excluding carboxylic acids is 1. The summed E-state index contributed by atoms with van der Waals surface area (Å²) in [4.78, 5) is 12.7. The van der Waals surface area contributed by atoms with Gasteiger partial charge in [-0.25, -0.2) is 0 Å². The molecule has 2 unspecified atom stereocenters. The highest BCUT2D eigenvalue weighted by atomic mass is 16.3. The molecule has 0 saturated carbocycles. The van der Waals surface area contributed by atoms with Gasteiger partial charge in [-0.3, -0.25) is 4.79 Å². The van der Waals surface area contributed by atoms with Crippen molar-refractivity contribution in [3.05, 3.63) is 0 Å². The van der Waals surface area contributed by atoms with Crippen LogP contribution in [0.2, 0.25) is 0 Å². The van der Waals surface area contributed by atoms with Gasteiger partial charge in [-0.05, 0) is 12.3 Å². The van der Waals surface area contributed by atoms with Crippen molar-refractivity contribution in [3.63, 3.8) is 0 Å². The van der Waals surface area contributed by atoms with E-state index in [2.05, 4.69) is 0 Å². The lowest BCUT2D eigenvalue weighted by Gasteiger charge is -2.44. The van der Waals surface area contributed by atoms with Crippen LogP contribution in [-0.4, -0.2) is 34.6 Å². The molecule has 1 aliphatic rings. The molecule has 0 spiro atoms. The zero-order chi connectivity index (χ0) is 9.30. The Morgan fingerprint density at radius 1 is 1.58 bits per heavy atom. The highest BCUT2D eigenvalue weighted by Gasteiger charge is 2.36. The molecule has 0 aromatic heterocycles. The van der Waals surface area contributed by atoms with E-state index in [1.54, 1.807) is 11.8 Å². The van der Waals surface area contributed by atoms with Crippen molar-refractivity contribution in [2.45, 2.75) is 39.3 Å². The lowest BCUT2D eigenvalue weighted by atomic mass is 9.90. The molecule has 1 heterocycles. The van der Waals surface area contributed by atoms with E-state index >= 15 is 0 Å². The van der Waals surface area contributed by atoms with Crippen molar-refractivity contribution >= 4 is 5.91 Å². The Balaban J connectivity index is 2.48. The minimum absolute atomic E-state index is 0.0718. The Hall–Kier alpha value is -0.570. The monoisotopic (exact) mass is 171 g/mol. The maximum absolute atomic E-state index is 11.0. The highest BCUT2D eigenvalue weighted by molar-refractivity contribution is 5.74. The Labute approximate surface area is 73.4 Å². The number of hydrogen-bond acceptors (Lipinski definition) is 2. The van der Waals surface area contributed by atoms with Gasteiger partial charge in [0.2, 0.25) is 5.91 Å². The third-order valence-corrected chi connectivity index (χ3v) is 2.55. The minimum Gasteiger partial charge on any atom is -0.391 e. The lowest BCUT2D eigenvalue weighted by Crippen LogP contribution is -2.57. The van der Waals surface area contributed by atoms with Crippen molar-refractivity contribution in [3.8, 4) is 0 Å². The Kier molecular flexibility index (Phi) is 2.73. The predicted octanol–water partition coefficient (Wildman–Crippen LogP) is 0.624. The summed E-state index contributed by atoms with van der Waals surface area (Å²) in [5, 5.41) is 9.67. The fourth-order valence-electron chi connectivity index (χ4n) is 1.60. The fourth-order valence-corrected chi connectivity index (χ4v) is 1.60. The second-order valence-electron chi connectivity index (χ2n) is 3.80. The molecule has 2 atom stereocenters. The molecule has 0 aromatic rings. The highest BCUT2D eigenvalue weighted by Crippen LogP contribution is 2.24. The number of aliphatic hydroxyl groups excluding tert-OH is 1. The average molecular weight is 171 g/mol. The molecule has 1 fully saturated rings. The smallest absolute Gasteiger partial charge is 0.219 e. The van der Waals surface area contributed by atoms with Crippen LogP contribution in [0.25, 0.3) is 0 Å². The summed E-state index contributed by atoms with van der Waals surface area (Å²) >= 11 is 0. The summed E-state index contributed by atoms with van der Waals surface area (Å²) in [6, 6.07) is 0.0718. The molecule has 1 amide bonds. The molecule has 1 saturated heterocycles. The zero-order valence-corrected chi connectivity index (χ0v) is 7.95. The van der Waals surface area contributed by atoms with E-state index in [0.29, 0.717) is 0 Å². The molecule has 1 aliphatic heterocycles. The van der Waals surface area contributed by atoms with Gasteiger partial charge >= 0.3 is 0 Å². The third kappa shape index (κ3) is 1.61. The largest absolute Gasteiger partial charge is 0.391 e. The quantitative estimate of drug-likeness (QED) is 0.661. The molecule has 3 heteroatoms. The van der Waals surface area contributed by atoms with E-state index in [9.17, 15) is 9.90 Å². The topological polar surface area (TPSA) is 40.5 Å². The van der Waals surface area contributed by atoms with E-state index in [4.69, 9.17) is 0 Å². The molecule has 0 bridgehead atoms. The van der Waals surface area contributed by atoms with Crippen molar-refractivity contribution in [1.29, 1.82) is 0 Å². The van der Waals surface area contributed by atoms with Gasteiger partial charge in [0.25, 0.3) is 0 Å². The third-order valence-electron chi connectivity index (χ3n) is 2.55. The van der Waals surface area contributed by atoms with Gasteiger partial charge in [0, 0.05) is 13.5 Å². The Bertz CT molecular complexity index is 179. The number of aliphatic hydroxyl groups is 1. The van der Waals surface area contributed by atoms with Crippen molar-refractivity contribution < 1.29 is 9.90 Å². The van der Waals surface area contributed by atoms with Crippen LogP contribution in [0, 0.1) is 5.92 Å². The number of hydrogen-bond donors (Lipinski definition) is 1. The van der Waals surface area contributed by atoms with E-state index in [-0.39, 0.29) is 24.0 Å². The van der Waals surface area contributed by atoms with Gasteiger partial charge in [0.15, 0.2) is 0 Å². The first kappa shape index (κ1) is 9.52. The summed E-state index contributed by atoms with van der Waals surface area (Å²) in [7, 11) is 0. The van der Waals surface area contributed by atoms with Gasteiger partial charge in [0.05, 0.1) is 12.1 Å². The zero-order valence-electron chi connectivity index (χ0n) is 7.95. The lowest BCUT2D eigenvalue weighted by molar-refractivity contribution is -0.142. The van der Waals surface area contributed by atoms with Crippen LogP contribution in [0.1, 0.15) is 27.2 Å². The van der Waals surface area contributed by atoms with E-state index in [1.165, 1.54) is 0 Å². The number of nitrogens with zero attached hydrogens (tertiary/aromatic N) is 1. The van der Waals surface area contributed by atoms with Crippen LogP contribution in [0.15, 0.2) is 0 Å². The maximum atomic E-state index is 11.0. The van der Waals surface area contributed by atoms with Crippen molar-refractivity contribution in [1.82, 2.24) is 4.90 Å². The van der Waals surface area contributed by atoms with Crippen LogP contribution < -0.4 is 0 Å². The average Bonchev–Trinajstić information content (AvgIpc) is 1.82. The first-order valence-electron chi connectivity index (χ1n) is 4.49. The summed E-state index contributed by atoms with van der Waals surface area (Å²) in [5.74, 6) is 0.308. The Morgan fingerprint density at radius 3 is 2.42 bits per heavy atom. The first-order chi connectivity index (χ1) is 5.54. The van der Waals surface area contributed by atoms with Crippen LogP contribution in [0.3, 0.4) is 0 Å². The molecule has 70 valence electrons. The molecule has 12 heavy (non-hydrogen) atoms. The molecule has 0 aromatic carbocycles. The molecular formula is C9H17NO2. The molecule has 0 radical (unpaired) electrons. The van der Waals surface area contributed by atoms with Crippen molar-refractivity contribution in [2.75, 3.05) is 6.54 Å². The SMILES string of the molecule is CC(=O)N1CCC1C(O)C(C)C. The normalized spacial score (nSPS) is 25.4. The van der Waals surface area contributed by atoms with Gasteiger partial charge in [-0.2, -0.15) is 0 Å². The first-order valence-corrected chi connectivity index (χ1v) is 4.49. The second-order valence-corrected chi connectivity index (χ2v) is 3.80. The molecular weight excluding hydrogens is 154 g/mol. The fraction of sp³-hybridized carbons (Fsp3) is 0.889. The van der Waals surface area contributed by atoms with Crippen LogP contribution >= 0.6 is 0 Å². The summed E-state index contributed by atoms with van der Waals surface area (Å²) in [5.41, 5.74) is 0. The van der Waals surface area contributed by atoms with E-state index in [1.807, 2.05) is 13.8 Å². The summed E-state index contributed by atoms with van der Waals surface area (Å²) in [6.07, 6.45) is 0.585. The predicted molar refractivity (Wildman–Crippen MR) is 46.6 cm³/mol. The van der Waals surface area contributed by atoms with Gasteiger partial charge in [-0.15, -0.1) is 0 Å². The molecule has 0 aliphatic carbocycles. The molecule has 1 N–H and O–H groups in total. The van der Waals surface area contributed by atoms with Gasteiger partial charge in [-0.1, -0.05) is 13.8 Å². The molecule has 3 nitrogen and oxygen atoms in total. The standard InChI is InChI=1S/C9H17NO2/c1-6(2)9(12)8-4-5-10(8)7(3)11/h6,8-9,12H,4-5H2,1-3H3. The van der Waals surface area contributed by atoms with Crippen LogP contribution in [-0.2, 0) is 4.79 Å². The summed E-state index contributed by atoms with van der Waals surface area (Å²) in [6.45, 7) is 6.31. The second kappa shape index (κ2) is 3.44. The van der Waals surface area contributed by atoms with E-state index < -0.39 is 0 Å². The number of rotatable bonds is 2. The maximum Gasteiger partial charge on any atom is 0.219 e. The minimum atomic E-state index is -0.359. The number of likely N-dealkylation sites (tertiary alicyclic amines) is 1. The number of amides is 1. The van der Waals surface area contributed by atoms with E-state index in [0.717, 1.165) is 13.0 Å². The van der Waals surface area contributed by atoms with Gasteiger partial charge in [0.1, 0.15) is 0 Å².